The third kappa shape index (κ3) is 12.4. The Labute approximate surface area is 123 Å². The maximum Gasteiger partial charge on any atom is 0.141 e. The SMILES string of the molecule is CCCCCCCCCCCC(=O)CC(C)(Cl)C=O. The van der Waals surface area contributed by atoms with Gasteiger partial charge in [-0.1, -0.05) is 58.3 Å². The molecule has 0 spiro atoms. The first-order valence-corrected chi connectivity index (χ1v) is 8.06. The molecule has 3 heteroatoms. The van der Waals surface area contributed by atoms with Crippen LogP contribution in [0.15, 0.2) is 0 Å². The van der Waals surface area contributed by atoms with Crippen LogP contribution in [0.5, 0.6) is 0 Å². The van der Waals surface area contributed by atoms with Gasteiger partial charge in [-0.15, -0.1) is 11.6 Å². The lowest BCUT2D eigenvalue weighted by molar-refractivity contribution is -0.121. The lowest BCUT2D eigenvalue weighted by atomic mass is 10.0. The van der Waals surface area contributed by atoms with Crippen LogP contribution in [-0.2, 0) is 9.59 Å². The largest absolute Gasteiger partial charge is 0.301 e. The second kappa shape index (κ2) is 11.5. The van der Waals surface area contributed by atoms with Gasteiger partial charge >= 0.3 is 0 Å². The molecule has 0 rings (SSSR count). The van der Waals surface area contributed by atoms with Gasteiger partial charge in [0.1, 0.15) is 16.9 Å². The zero-order chi connectivity index (χ0) is 14.6. The fraction of sp³-hybridized carbons (Fsp3) is 0.875. The molecule has 0 aromatic carbocycles. The second-order valence-electron chi connectivity index (χ2n) is 5.69. The molecule has 1 atom stereocenters. The zero-order valence-corrected chi connectivity index (χ0v) is 13.3. The van der Waals surface area contributed by atoms with Crippen molar-refractivity contribution in [2.75, 3.05) is 0 Å². The summed E-state index contributed by atoms with van der Waals surface area (Å²) >= 11 is 5.85. The topological polar surface area (TPSA) is 34.1 Å². The monoisotopic (exact) mass is 288 g/mol. The Kier molecular flexibility index (Phi) is 11.2. The van der Waals surface area contributed by atoms with E-state index in [2.05, 4.69) is 6.92 Å². The van der Waals surface area contributed by atoms with Gasteiger partial charge in [0.15, 0.2) is 0 Å². The van der Waals surface area contributed by atoms with Gasteiger partial charge in [0, 0.05) is 12.8 Å². The predicted molar refractivity (Wildman–Crippen MR) is 81.8 cm³/mol. The van der Waals surface area contributed by atoms with Crippen LogP contribution < -0.4 is 0 Å². The van der Waals surface area contributed by atoms with E-state index < -0.39 is 4.87 Å². The molecule has 0 fully saturated rings. The fourth-order valence-corrected chi connectivity index (χ4v) is 2.30. The average molecular weight is 289 g/mol. The normalized spacial score (nSPS) is 14.1. The molecule has 1 unspecified atom stereocenters. The van der Waals surface area contributed by atoms with Crippen molar-refractivity contribution in [3.8, 4) is 0 Å². The van der Waals surface area contributed by atoms with Crippen LogP contribution >= 0.6 is 11.6 Å². The van der Waals surface area contributed by atoms with Crippen molar-refractivity contribution in [3.05, 3.63) is 0 Å². The molecule has 2 nitrogen and oxygen atoms in total. The standard InChI is InChI=1S/C16H29ClO2/c1-3-4-5-6-7-8-9-10-11-12-15(19)13-16(2,17)14-18/h14H,3-13H2,1-2H3. The van der Waals surface area contributed by atoms with E-state index in [1.807, 2.05) is 0 Å². The van der Waals surface area contributed by atoms with Crippen molar-refractivity contribution in [1.29, 1.82) is 0 Å². The summed E-state index contributed by atoms with van der Waals surface area (Å²) in [6, 6.07) is 0. The summed E-state index contributed by atoms with van der Waals surface area (Å²) in [5.41, 5.74) is 0. The Morgan fingerprint density at radius 1 is 1.00 bits per heavy atom. The molecule has 0 aliphatic carbocycles. The summed E-state index contributed by atoms with van der Waals surface area (Å²) in [5, 5.41) is 0. The first-order valence-electron chi connectivity index (χ1n) is 7.69. The first-order chi connectivity index (χ1) is 9.02. The van der Waals surface area contributed by atoms with Crippen LogP contribution in [-0.4, -0.2) is 16.9 Å². The van der Waals surface area contributed by atoms with E-state index in [1.165, 1.54) is 44.9 Å². The Morgan fingerprint density at radius 2 is 1.47 bits per heavy atom. The van der Waals surface area contributed by atoms with Crippen LogP contribution in [0.2, 0.25) is 0 Å². The number of aldehydes is 1. The molecular weight excluding hydrogens is 260 g/mol. The van der Waals surface area contributed by atoms with Gasteiger partial charge < -0.3 is 4.79 Å². The molecule has 0 aromatic rings. The van der Waals surface area contributed by atoms with Crippen molar-refractivity contribution in [1.82, 2.24) is 0 Å². The van der Waals surface area contributed by atoms with Crippen LogP contribution in [0.25, 0.3) is 0 Å². The predicted octanol–water partition coefficient (Wildman–Crippen LogP) is 5.06. The Morgan fingerprint density at radius 3 is 1.95 bits per heavy atom. The van der Waals surface area contributed by atoms with Gasteiger partial charge in [-0.05, 0) is 13.3 Å². The highest BCUT2D eigenvalue weighted by Crippen LogP contribution is 2.18. The van der Waals surface area contributed by atoms with Gasteiger partial charge in [-0.2, -0.15) is 0 Å². The molecule has 0 saturated heterocycles. The van der Waals surface area contributed by atoms with E-state index in [0.29, 0.717) is 12.7 Å². The maximum absolute atomic E-state index is 11.6. The molecular formula is C16H29ClO2. The number of Topliss-reactive ketones (excluding diaryl/α,β-unsaturated/α-hetero) is 1. The fourth-order valence-electron chi connectivity index (χ4n) is 2.15. The van der Waals surface area contributed by atoms with Crippen LogP contribution in [0, 0.1) is 0 Å². The summed E-state index contributed by atoms with van der Waals surface area (Å²) in [6.45, 7) is 3.82. The third-order valence-electron chi connectivity index (χ3n) is 3.35. The van der Waals surface area contributed by atoms with Crippen molar-refractivity contribution >= 4 is 23.7 Å². The molecule has 0 saturated carbocycles. The molecule has 0 heterocycles. The van der Waals surface area contributed by atoms with Gasteiger partial charge in [0.05, 0.1) is 0 Å². The van der Waals surface area contributed by atoms with Gasteiger partial charge in [-0.3, -0.25) is 4.79 Å². The number of ketones is 1. The van der Waals surface area contributed by atoms with Gasteiger partial charge in [0.25, 0.3) is 0 Å². The van der Waals surface area contributed by atoms with Crippen LogP contribution in [0.4, 0.5) is 0 Å². The number of alkyl halides is 1. The van der Waals surface area contributed by atoms with E-state index >= 15 is 0 Å². The zero-order valence-electron chi connectivity index (χ0n) is 12.5. The highest BCUT2D eigenvalue weighted by Gasteiger charge is 2.23. The molecule has 0 N–H and O–H groups in total. The average Bonchev–Trinajstić information content (AvgIpc) is 2.36. The molecule has 0 aliphatic heterocycles. The lowest BCUT2D eigenvalue weighted by Crippen LogP contribution is -2.22. The smallest absolute Gasteiger partial charge is 0.141 e. The van der Waals surface area contributed by atoms with Crippen molar-refractivity contribution < 1.29 is 9.59 Å². The number of rotatable bonds is 13. The van der Waals surface area contributed by atoms with E-state index in [4.69, 9.17) is 11.6 Å². The quantitative estimate of drug-likeness (QED) is 0.269. The number of carbonyl (C=O) groups excluding carboxylic acids is 2. The third-order valence-corrected chi connectivity index (χ3v) is 3.57. The molecule has 0 radical (unpaired) electrons. The summed E-state index contributed by atoms with van der Waals surface area (Å²) in [4.78, 5) is 21.2. The molecule has 112 valence electrons. The van der Waals surface area contributed by atoms with Crippen molar-refractivity contribution in [2.45, 2.75) is 89.4 Å². The summed E-state index contributed by atoms with van der Waals surface area (Å²) < 4.78 is 0. The summed E-state index contributed by atoms with van der Waals surface area (Å²) in [7, 11) is 0. The van der Waals surface area contributed by atoms with Gasteiger partial charge in [0.2, 0.25) is 0 Å². The Bertz CT molecular complexity index is 249. The Balaban J connectivity index is 3.35. The first kappa shape index (κ1) is 18.6. The van der Waals surface area contributed by atoms with E-state index in [1.54, 1.807) is 6.92 Å². The number of hydrogen-bond acceptors (Lipinski definition) is 2. The van der Waals surface area contributed by atoms with Crippen molar-refractivity contribution in [2.24, 2.45) is 0 Å². The lowest BCUT2D eigenvalue weighted by Gasteiger charge is -2.12. The molecule has 0 aliphatic rings. The molecule has 0 bridgehead atoms. The highest BCUT2D eigenvalue weighted by atomic mass is 35.5. The minimum Gasteiger partial charge on any atom is -0.301 e. The van der Waals surface area contributed by atoms with Crippen molar-refractivity contribution in [3.63, 3.8) is 0 Å². The molecule has 19 heavy (non-hydrogen) atoms. The summed E-state index contributed by atoms with van der Waals surface area (Å²) in [5.74, 6) is 0.104. The second-order valence-corrected chi connectivity index (χ2v) is 6.55. The van der Waals surface area contributed by atoms with Crippen LogP contribution in [0.1, 0.15) is 84.5 Å². The van der Waals surface area contributed by atoms with E-state index in [-0.39, 0.29) is 12.2 Å². The van der Waals surface area contributed by atoms with Crippen LogP contribution in [0.3, 0.4) is 0 Å². The minimum absolute atomic E-state index is 0.104. The van der Waals surface area contributed by atoms with E-state index in [0.717, 1.165) is 12.8 Å². The van der Waals surface area contributed by atoms with Gasteiger partial charge in [-0.25, -0.2) is 0 Å². The van der Waals surface area contributed by atoms with E-state index in [9.17, 15) is 9.59 Å². The summed E-state index contributed by atoms with van der Waals surface area (Å²) in [6.07, 6.45) is 12.6. The maximum atomic E-state index is 11.6. The number of hydrogen-bond donors (Lipinski definition) is 0. The number of unbranched alkanes of at least 4 members (excludes halogenated alkanes) is 8. The number of halogens is 1. The highest BCUT2D eigenvalue weighted by molar-refractivity contribution is 6.32. The Hall–Kier alpha value is -0.370. The molecule has 0 aromatic heterocycles. The number of carbonyl (C=O) groups is 2. The molecule has 0 amide bonds. The minimum atomic E-state index is -1.00.